The quantitative estimate of drug-likeness (QED) is 0.518. The SMILES string of the molecule is CC(C)(C)OC(=O)N1CCN(c2c([N+](=O)[O-])ccc(Br)c2C(F)(F)F)C[C@@H]1CO. The Balaban J connectivity index is 2.44. The second-order valence-corrected chi connectivity index (χ2v) is 8.36. The maximum Gasteiger partial charge on any atom is 0.419 e. The minimum absolute atomic E-state index is 0.0683. The number of piperazine rings is 1. The van der Waals surface area contributed by atoms with Crippen LogP contribution in [0, 0.1) is 10.1 Å². The number of nitro benzene ring substituents is 1. The van der Waals surface area contributed by atoms with Gasteiger partial charge in [-0.3, -0.25) is 15.0 Å². The third-order valence-electron chi connectivity index (χ3n) is 4.22. The van der Waals surface area contributed by atoms with Crippen LogP contribution in [0.15, 0.2) is 16.6 Å². The summed E-state index contributed by atoms with van der Waals surface area (Å²) in [6, 6.07) is 1.08. The number of carbonyl (C=O) groups excluding carboxylic acids is 1. The summed E-state index contributed by atoms with van der Waals surface area (Å²) in [6.07, 6.45) is -5.56. The van der Waals surface area contributed by atoms with Gasteiger partial charge in [0, 0.05) is 30.2 Å². The van der Waals surface area contributed by atoms with E-state index in [1.807, 2.05) is 0 Å². The molecule has 8 nitrogen and oxygen atoms in total. The monoisotopic (exact) mass is 483 g/mol. The van der Waals surface area contributed by atoms with Gasteiger partial charge in [0.25, 0.3) is 5.69 Å². The van der Waals surface area contributed by atoms with Crippen LogP contribution < -0.4 is 4.90 Å². The number of benzene rings is 1. The van der Waals surface area contributed by atoms with Crippen LogP contribution in [0.4, 0.5) is 29.3 Å². The first-order valence-corrected chi connectivity index (χ1v) is 9.45. The molecule has 1 N–H and O–H groups in total. The zero-order chi connectivity index (χ0) is 22.1. The van der Waals surface area contributed by atoms with Gasteiger partial charge in [0.15, 0.2) is 0 Å². The van der Waals surface area contributed by atoms with E-state index >= 15 is 0 Å². The number of hydrogen-bond donors (Lipinski definition) is 1. The zero-order valence-corrected chi connectivity index (χ0v) is 17.6. The summed E-state index contributed by atoms with van der Waals surface area (Å²) < 4.78 is 45.9. The first-order valence-electron chi connectivity index (χ1n) is 8.65. The highest BCUT2D eigenvalue weighted by Gasteiger charge is 2.43. The molecule has 0 aromatic heterocycles. The lowest BCUT2D eigenvalue weighted by molar-refractivity contribution is -0.384. The number of halogens is 4. The first kappa shape index (κ1) is 23.2. The van der Waals surface area contributed by atoms with E-state index in [9.17, 15) is 33.2 Å². The average Bonchev–Trinajstić information content (AvgIpc) is 2.57. The lowest BCUT2D eigenvalue weighted by Crippen LogP contribution is -2.57. The fourth-order valence-corrected chi connectivity index (χ4v) is 3.61. The number of alkyl halides is 3. The van der Waals surface area contributed by atoms with Crippen molar-refractivity contribution in [2.24, 2.45) is 0 Å². The molecule has 0 unspecified atom stereocenters. The molecule has 1 heterocycles. The van der Waals surface area contributed by atoms with Crippen molar-refractivity contribution in [2.45, 2.75) is 38.6 Å². The number of nitrogens with zero attached hydrogens (tertiary/aromatic N) is 3. The number of nitro groups is 1. The molecule has 1 aromatic rings. The Kier molecular flexibility index (Phi) is 6.68. The highest BCUT2D eigenvalue weighted by Crippen LogP contribution is 2.46. The van der Waals surface area contributed by atoms with Gasteiger partial charge in [0.05, 0.1) is 17.6 Å². The molecule has 2 rings (SSSR count). The Bertz CT molecular complexity index is 798. The lowest BCUT2D eigenvalue weighted by atomic mass is 10.1. The minimum atomic E-state index is -4.85. The molecule has 12 heteroatoms. The number of carbonyl (C=O) groups is 1. The summed E-state index contributed by atoms with van der Waals surface area (Å²) >= 11 is 2.83. The fraction of sp³-hybridized carbons (Fsp3) is 0.588. The third-order valence-corrected chi connectivity index (χ3v) is 4.88. The number of rotatable bonds is 3. The summed E-state index contributed by atoms with van der Waals surface area (Å²) in [6.45, 7) is 4.05. The molecule has 1 fully saturated rings. The van der Waals surface area contributed by atoms with E-state index < -0.39 is 52.4 Å². The molecule has 0 aliphatic carbocycles. The van der Waals surface area contributed by atoms with Crippen molar-refractivity contribution in [2.75, 3.05) is 31.1 Å². The third kappa shape index (κ3) is 5.30. The van der Waals surface area contributed by atoms with Crippen molar-refractivity contribution in [1.82, 2.24) is 4.90 Å². The second kappa shape index (κ2) is 8.34. The van der Waals surface area contributed by atoms with Gasteiger partial charge in [-0.15, -0.1) is 0 Å². The number of aliphatic hydroxyl groups excluding tert-OH is 1. The Morgan fingerprint density at radius 2 is 1.97 bits per heavy atom. The zero-order valence-electron chi connectivity index (χ0n) is 16.0. The van der Waals surface area contributed by atoms with Gasteiger partial charge >= 0.3 is 12.3 Å². The van der Waals surface area contributed by atoms with Crippen molar-refractivity contribution in [3.63, 3.8) is 0 Å². The summed E-state index contributed by atoms with van der Waals surface area (Å²) in [5.74, 6) is 0. The predicted octanol–water partition coefficient (Wildman–Crippen LogP) is 3.79. The van der Waals surface area contributed by atoms with Gasteiger partial charge in [-0.1, -0.05) is 15.9 Å². The van der Waals surface area contributed by atoms with Gasteiger partial charge in [-0.25, -0.2) is 4.79 Å². The van der Waals surface area contributed by atoms with Crippen molar-refractivity contribution >= 4 is 33.4 Å². The smallest absolute Gasteiger partial charge is 0.419 e. The Morgan fingerprint density at radius 1 is 1.34 bits per heavy atom. The predicted molar refractivity (Wildman–Crippen MR) is 102 cm³/mol. The van der Waals surface area contributed by atoms with E-state index in [-0.39, 0.29) is 24.1 Å². The molecule has 0 spiro atoms. The Hall–Kier alpha value is -2.08. The van der Waals surface area contributed by atoms with Gasteiger partial charge in [0.1, 0.15) is 16.9 Å². The van der Waals surface area contributed by atoms with Crippen LogP contribution >= 0.6 is 15.9 Å². The maximum atomic E-state index is 13.7. The van der Waals surface area contributed by atoms with E-state index in [1.165, 1.54) is 9.80 Å². The van der Waals surface area contributed by atoms with Crippen molar-refractivity contribution in [3.05, 3.63) is 32.3 Å². The number of aliphatic hydroxyl groups is 1. The molecule has 29 heavy (non-hydrogen) atoms. The van der Waals surface area contributed by atoms with Crippen LogP contribution in [0.25, 0.3) is 0 Å². The number of hydrogen-bond acceptors (Lipinski definition) is 6. The largest absolute Gasteiger partial charge is 0.444 e. The number of anilines is 1. The highest BCUT2D eigenvalue weighted by molar-refractivity contribution is 9.10. The maximum absolute atomic E-state index is 13.7. The number of amides is 1. The second-order valence-electron chi connectivity index (χ2n) is 7.50. The molecule has 1 amide bonds. The van der Waals surface area contributed by atoms with Gasteiger partial charge < -0.3 is 14.7 Å². The molecule has 162 valence electrons. The van der Waals surface area contributed by atoms with Crippen LogP contribution in [0.3, 0.4) is 0 Å². The van der Waals surface area contributed by atoms with E-state index in [0.717, 1.165) is 12.1 Å². The molecule has 1 aromatic carbocycles. The van der Waals surface area contributed by atoms with Gasteiger partial charge in [-0.05, 0) is 26.8 Å². The highest BCUT2D eigenvalue weighted by atomic mass is 79.9. The van der Waals surface area contributed by atoms with Crippen LogP contribution in [0.2, 0.25) is 0 Å². The molecule has 1 aliphatic heterocycles. The molecule has 0 saturated carbocycles. The Labute approximate surface area is 173 Å². The van der Waals surface area contributed by atoms with Gasteiger partial charge in [-0.2, -0.15) is 13.2 Å². The summed E-state index contributed by atoms with van der Waals surface area (Å²) in [4.78, 5) is 25.3. The van der Waals surface area contributed by atoms with Crippen molar-refractivity contribution in [3.8, 4) is 0 Å². The molecule has 1 saturated heterocycles. The lowest BCUT2D eigenvalue weighted by Gasteiger charge is -2.42. The van der Waals surface area contributed by atoms with Crippen LogP contribution in [-0.4, -0.2) is 58.9 Å². The molecular formula is C17H21BrF3N3O5. The van der Waals surface area contributed by atoms with Crippen molar-refractivity contribution in [1.29, 1.82) is 0 Å². The molecule has 0 radical (unpaired) electrons. The molecule has 0 bridgehead atoms. The van der Waals surface area contributed by atoms with E-state index in [2.05, 4.69) is 15.9 Å². The van der Waals surface area contributed by atoms with E-state index in [0.29, 0.717) is 0 Å². The topological polar surface area (TPSA) is 96.2 Å². The van der Waals surface area contributed by atoms with Gasteiger partial charge in [0.2, 0.25) is 0 Å². The summed E-state index contributed by atoms with van der Waals surface area (Å²) in [5.41, 5.74) is -3.27. The molecule has 1 atom stereocenters. The summed E-state index contributed by atoms with van der Waals surface area (Å²) in [5, 5.41) is 21.1. The fourth-order valence-electron chi connectivity index (χ4n) is 3.07. The van der Waals surface area contributed by atoms with Crippen LogP contribution in [0.1, 0.15) is 26.3 Å². The standard InChI is InChI=1S/C17H21BrF3N3O5/c1-16(2,3)29-15(26)23-7-6-22(8-10(23)9-25)14-12(24(27)28)5-4-11(18)13(14)17(19,20)21/h4-5,10,25H,6-9H2,1-3H3/t10-/m1/s1. The minimum Gasteiger partial charge on any atom is -0.444 e. The summed E-state index contributed by atoms with van der Waals surface area (Å²) in [7, 11) is 0. The van der Waals surface area contributed by atoms with Crippen molar-refractivity contribution < 1.29 is 32.7 Å². The van der Waals surface area contributed by atoms with E-state index in [4.69, 9.17) is 4.74 Å². The van der Waals surface area contributed by atoms with E-state index in [1.54, 1.807) is 20.8 Å². The molecule has 1 aliphatic rings. The first-order chi connectivity index (χ1) is 13.3. The van der Waals surface area contributed by atoms with Crippen LogP contribution in [0.5, 0.6) is 0 Å². The Morgan fingerprint density at radius 3 is 2.45 bits per heavy atom. The number of ether oxygens (including phenoxy) is 1. The normalized spacial score (nSPS) is 18.0. The average molecular weight is 484 g/mol. The van der Waals surface area contributed by atoms with Crippen LogP contribution in [-0.2, 0) is 10.9 Å². The molecular weight excluding hydrogens is 463 g/mol.